The molecule has 4 nitrogen and oxygen atoms in total. The van der Waals surface area contributed by atoms with Gasteiger partial charge in [0.1, 0.15) is 0 Å². The fourth-order valence-electron chi connectivity index (χ4n) is 2.47. The molecule has 1 aliphatic rings. The number of hydrogen-bond donors (Lipinski definition) is 1. The van der Waals surface area contributed by atoms with Gasteiger partial charge in [-0.05, 0) is 37.0 Å². The molecule has 1 N–H and O–H groups in total. The maximum atomic E-state index is 12.3. The molecule has 1 aromatic carbocycles. The van der Waals surface area contributed by atoms with E-state index < -0.39 is 5.97 Å². The van der Waals surface area contributed by atoms with Crippen LogP contribution in [0.5, 0.6) is 0 Å². The molecular weight excluding hydrogens is 310 g/mol. The quantitative estimate of drug-likeness (QED) is 0.929. The maximum absolute atomic E-state index is 12.3. The van der Waals surface area contributed by atoms with Crippen LogP contribution in [0.25, 0.3) is 0 Å². The number of nitrogens with zero attached hydrogens (tertiary/aromatic N) is 1. The van der Waals surface area contributed by atoms with Crippen molar-refractivity contribution in [2.75, 3.05) is 13.1 Å². The number of carbonyl (C=O) groups is 2. The van der Waals surface area contributed by atoms with E-state index in [4.69, 9.17) is 5.11 Å². The molecule has 1 atom stereocenters. The van der Waals surface area contributed by atoms with Crippen molar-refractivity contribution in [3.63, 3.8) is 0 Å². The molecule has 5 heteroatoms. The van der Waals surface area contributed by atoms with Gasteiger partial charge in [-0.2, -0.15) is 0 Å². The molecular formula is C14H16BrNO3. The second-order valence-corrected chi connectivity index (χ2v) is 5.78. The summed E-state index contributed by atoms with van der Waals surface area (Å²) in [5, 5.41) is 8.83. The zero-order chi connectivity index (χ0) is 13.8. The fourth-order valence-corrected chi connectivity index (χ4v) is 2.87. The van der Waals surface area contributed by atoms with E-state index in [-0.39, 0.29) is 18.2 Å². The van der Waals surface area contributed by atoms with Crippen LogP contribution >= 0.6 is 15.9 Å². The lowest BCUT2D eigenvalue weighted by atomic mass is 9.94. The van der Waals surface area contributed by atoms with Crippen LogP contribution < -0.4 is 0 Å². The SMILES string of the molecule is O=C(O)CC1CCCN(C(=O)c2cccc(Br)c2)C1. The minimum absolute atomic E-state index is 0.0172. The Morgan fingerprint density at radius 2 is 2.21 bits per heavy atom. The molecule has 2 rings (SSSR count). The van der Waals surface area contributed by atoms with E-state index in [1.54, 1.807) is 17.0 Å². The molecule has 0 bridgehead atoms. The lowest BCUT2D eigenvalue weighted by Gasteiger charge is -2.32. The minimum Gasteiger partial charge on any atom is -0.481 e. The lowest BCUT2D eigenvalue weighted by molar-refractivity contribution is -0.138. The monoisotopic (exact) mass is 325 g/mol. The Balaban J connectivity index is 2.04. The number of amides is 1. The number of carbonyl (C=O) groups excluding carboxylic acids is 1. The third kappa shape index (κ3) is 3.80. The predicted molar refractivity (Wildman–Crippen MR) is 75.0 cm³/mol. The van der Waals surface area contributed by atoms with Crippen LogP contribution in [0.4, 0.5) is 0 Å². The number of halogens is 1. The van der Waals surface area contributed by atoms with Gasteiger partial charge in [0.15, 0.2) is 0 Å². The summed E-state index contributed by atoms with van der Waals surface area (Å²) in [6, 6.07) is 7.28. The zero-order valence-electron chi connectivity index (χ0n) is 10.5. The predicted octanol–water partition coefficient (Wildman–Crippen LogP) is 2.78. The summed E-state index contributed by atoms with van der Waals surface area (Å²) in [6.07, 6.45) is 1.90. The summed E-state index contributed by atoms with van der Waals surface area (Å²) in [4.78, 5) is 24.9. The summed E-state index contributed by atoms with van der Waals surface area (Å²) in [6.45, 7) is 1.25. The molecule has 1 saturated heterocycles. The highest BCUT2D eigenvalue weighted by molar-refractivity contribution is 9.10. The average Bonchev–Trinajstić information content (AvgIpc) is 2.37. The molecule has 1 amide bonds. The zero-order valence-corrected chi connectivity index (χ0v) is 12.1. The fraction of sp³-hybridized carbons (Fsp3) is 0.429. The van der Waals surface area contributed by atoms with Crippen molar-refractivity contribution < 1.29 is 14.7 Å². The molecule has 1 fully saturated rings. The van der Waals surface area contributed by atoms with Gasteiger partial charge < -0.3 is 10.0 Å². The number of carboxylic acids is 1. The number of carboxylic acid groups (broad SMARTS) is 1. The third-order valence-electron chi connectivity index (χ3n) is 3.34. The Kier molecular flexibility index (Phi) is 4.58. The smallest absolute Gasteiger partial charge is 0.303 e. The molecule has 1 unspecified atom stereocenters. The Hall–Kier alpha value is -1.36. The van der Waals surface area contributed by atoms with Gasteiger partial charge in [-0.1, -0.05) is 22.0 Å². The van der Waals surface area contributed by atoms with Crippen molar-refractivity contribution in [3.05, 3.63) is 34.3 Å². The highest BCUT2D eigenvalue weighted by atomic mass is 79.9. The summed E-state index contributed by atoms with van der Waals surface area (Å²) < 4.78 is 0.873. The van der Waals surface area contributed by atoms with Gasteiger partial charge in [0.2, 0.25) is 0 Å². The number of aliphatic carboxylic acids is 1. The topological polar surface area (TPSA) is 57.6 Å². The standard InChI is InChI=1S/C14H16BrNO3/c15-12-5-1-4-11(8-12)14(19)16-6-2-3-10(9-16)7-13(17)18/h1,4-5,8,10H,2-3,6-7,9H2,(H,17,18). The largest absolute Gasteiger partial charge is 0.481 e. The first-order valence-corrected chi connectivity index (χ1v) is 7.12. The Morgan fingerprint density at radius 3 is 2.89 bits per heavy atom. The second kappa shape index (κ2) is 6.19. The summed E-state index contributed by atoms with van der Waals surface area (Å²) >= 11 is 3.35. The van der Waals surface area contributed by atoms with Crippen LogP contribution in [-0.4, -0.2) is 35.0 Å². The van der Waals surface area contributed by atoms with Crippen LogP contribution in [0, 0.1) is 5.92 Å². The van der Waals surface area contributed by atoms with Crippen LogP contribution in [0.2, 0.25) is 0 Å². The molecule has 0 spiro atoms. The summed E-state index contributed by atoms with van der Waals surface area (Å²) in [5.74, 6) is -0.736. The highest BCUT2D eigenvalue weighted by Gasteiger charge is 2.25. The average molecular weight is 326 g/mol. The van der Waals surface area contributed by atoms with Crippen LogP contribution in [-0.2, 0) is 4.79 Å². The molecule has 0 saturated carbocycles. The molecule has 1 aliphatic heterocycles. The first-order valence-electron chi connectivity index (χ1n) is 6.33. The van der Waals surface area contributed by atoms with E-state index in [1.807, 2.05) is 12.1 Å². The van der Waals surface area contributed by atoms with Crippen molar-refractivity contribution in [2.24, 2.45) is 5.92 Å². The number of likely N-dealkylation sites (tertiary alicyclic amines) is 1. The lowest BCUT2D eigenvalue weighted by Crippen LogP contribution is -2.40. The highest BCUT2D eigenvalue weighted by Crippen LogP contribution is 2.22. The van der Waals surface area contributed by atoms with E-state index in [0.29, 0.717) is 18.7 Å². The van der Waals surface area contributed by atoms with Crippen LogP contribution in [0.1, 0.15) is 29.6 Å². The van der Waals surface area contributed by atoms with E-state index in [0.717, 1.165) is 17.3 Å². The van der Waals surface area contributed by atoms with Crippen molar-refractivity contribution >= 4 is 27.8 Å². The van der Waals surface area contributed by atoms with Gasteiger partial charge in [0.05, 0.1) is 0 Å². The molecule has 102 valence electrons. The van der Waals surface area contributed by atoms with Crippen molar-refractivity contribution in [3.8, 4) is 0 Å². The van der Waals surface area contributed by atoms with Crippen molar-refractivity contribution in [2.45, 2.75) is 19.3 Å². The molecule has 1 heterocycles. The first-order chi connectivity index (χ1) is 9.06. The number of rotatable bonds is 3. The normalized spacial score (nSPS) is 19.2. The third-order valence-corrected chi connectivity index (χ3v) is 3.83. The van der Waals surface area contributed by atoms with Gasteiger partial charge in [0.25, 0.3) is 5.91 Å². The maximum Gasteiger partial charge on any atom is 0.303 e. The van der Waals surface area contributed by atoms with E-state index in [1.165, 1.54) is 0 Å². The number of piperidine rings is 1. The number of hydrogen-bond acceptors (Lipinski definition) is 2. The Morgan fingerprint density at radius 1 is 1.42 bits per heavy atom. The number of benzene rings is 1. The van der Waals surface area contributed by atoms with Gasteiger partial charge in [-0.25, -0.2) is 0 Å². The van der Waals surface area contributed by atoms with Crippen LogP contribution in [0.3, 0.4) is 0 Å². The molecule has 0 radical (unpaired) electrons. The first kappa shape index (κ1) is 14.1. The summed E-state index contributed by atoms with van der Waals surface area (Å²) in [7, 11) is 0. The molecule has 1 aromatic rings. The van der Waals surface area contributed by atoms with Gasteiger partial charge in [-0.15, -0.1) is 0 Å². The second-order valence-electron chi connectivity index (χ2n) is 4.87. The van der Waals surface area contributed by atoms with E-state index >= 15 is 0 Å². The minimum atomic E-state index is -0.790. The van der Waals surface area contributed by atoms with Crippen LogP contribution in [0.15, 0.2) is 28.7 Å². The van der Waals surface area contributed by atoms with Gasteiger partial charge in [0, 0.05) is 29.5 Å². The Bertz CT molecular complexity index is 489. The Labute approximate surface area is 120 Å². The molecule has 0 aliphatic carbocycles. The van der Waals surface area contributed by atoms with Crippen molar-refractivity contribution in [1.82, 2.24) is 4.90 Å². The van der Waals surface area contributed by atoms with Gasteiger partial charge in [-0.3, -0.25) is 9.59 Å². The van der Waals surface area contributed by atoms with E-state index in [9.17, 15) is 9.59 Å². The van der Waals surface area contributed by atoms with E-state index in [2.05, 4.69) is 15.9 Å². The molecule has 0 aromatic heterocycles. The molecule has 19 heavy (non-hydrogen) atoms. The van der Waals surface area contributed by atoms with Crippen molar-refractivity contribution in [1.29, 1.82) is 0 Å². The summed E-state index contributed by atoms with van der Waals surface area (Å²) in [5.41, 5.74) is 0.644. The van der Waals surface area contributed by atoms with Gasteiger partial charge >= 0.3 is 5.97 Å².